The van der Waals surface area contributed by atoms with Crippen LogP contribution < -0.4 is 5.32 Å². The third-order valence-electron chi connectivity index (χ3n) is 5.63. The molecule has 0 aliphatic heterocycles. The molecule has 7 heteroatoms. The van der Waals surface area contributed by atoms with Crippen molar-refractivity contribution in [3.8, 4) is 0 Å². The Labute approximate surface area is 155 Å². The summed E-state index contributed by atoms with van der Waals surface area (Å²) in [6.07, 6.45) is 9.85. The second-order valence-electron chi connectivity index (χ2n) is 7.56. The highest BCUT2D eigenvalue weighted by molar-refractivity contribution is 5.78. The van der Waals surface area contributed by atoms with Crippen molar-refractivity contribution in [1.82, 2.24) is 29.5 Å². The summed E-state index contributed by atoms with van der Waals surface area (Å²) in [5, 5.41) is 4.55. The number of benzene rings is 1. The average Bonchev–Trinajstić information content (AvgIpc) is 3.45. The summed E-state index contributed by atoms with van der Waals surface area (Å²) in [5.74, 6) is 2.49. The third-order valence-corrected chi connectivity index (χ3v) is 5.63. The standard InChI is InChI=1S/C20H19N7/c1-2-4-16-13(3-1)9-22-20(26-16)24-14-7-15(8-14)27-18(12-5-6-12)25-17-10-21-11-23-19(17)27/h1-4,9-12,14-15H,5-8H2,(H,22,24,26). The summed E-state index contributed by atoms with van der Waals surface area (Å²) < 4.78 is 2.36. The van der Waals surface area contributed by atoms with E-state index in [1.165, 1.54) is 18.7 Å². The Hall–Kier alpha value is -3.09. The molecule has 0 spiro atoms. The van der Waals surface area contributed by atoms with Crippen LogP contribution in [-0.4, -0.2) is 35.5 Å². The molecule has 1 aromatic carbocycles. The van der Waals surface area contributed by atoms with Gasteiger partial charge in [-0.15, -0.1) is 0 Å². The Morgan fingerprint density at radius 3 is 2.74 bits per heavy atom. The predicted octanol–water partition coefficient (Wildman–Crippen LogP) is 3.46. The summed E-state index contributed by atoms with van der Waals surface area (Å²) in [6.45, 7) is 0. The van der Waals surface area contributed by atoms with Gasteiger partial charge >= 0.3 is 0 Å². The van der Waals surface area contributed by atoms with E-state index in [0.29, 0.717) is 23.9 Å². The Kier molecular flexibility index (Phi) is 3.17. The fourth-order valence-electron chi connectivity index (χ4n) is 4.00. The maximum absolute atomic E-state index is 4.81. The minimum Gasteiger partial charge on any atom is -0.351 e. The van der Waals surface area contributed by atoms with Crippen molar-refractivity contribution in [3.05, 3.63) is 48.8 Å². The Balaban J connectivity index is 1.23. The largest absolute Gasteiger partial charge is 0.351 e. The second-order valence-corrected chi connectivity index (χ2v) is 7.56. The number of hydrogen-bond donors (Lipinski definition) is 1. The van der Waals surface area contributed by atoms with Crippen LogP contribution in [0.4, 0.5) is 5.95 Å². The van der Waals surface area contributed by atoms with E-state index in [1.807, 2.05) is 36.7 Å². The van der Waals surface area contributed by atoms with Crippen LogP contribution in [0.1, 0.15) is 43.5 Å². The molecule has 2 aliphatic carbocycles. The number of anilines is 1. The van der Waals surface area contributed by atoms with Crippen molar-refractivity contribution in [2.75, 3.05) is 5.32 Å². The first-order valence-electron chi connectivity index (χ1n) is 9.51. The topological polar surface area (TPSA) is 81.4 Å². The molecule has 0 bridgehead atoms. The SMILES string of the molecule is c1ccc2nc(NC3CC(n4c(C5CC5)nc5cncnc54)C3)ncc2c1. The van der Waals surface area contributed by atoms with Crippen molar-refractivity contribution in [1.29, 1.82) is 0 Å². The molecule has 7 nitrogen and oxygen atoms in total. The molecule has 27 heavy (non-hydrogen) atoms. The van der Waals surface area contributed by atoms with E-state index in [2.05, 4.69) is 29.8 Å². The van der Waals surface area contributed by atoms with Gasteiger partial charge in [0.05, 0.1) is 11.7 Å². The summed E-state index contributed by atoms with van der Waals surface area (Å²) in [7, 11) is 0. The summed E-state index contributed by atoms with van der Waals surface area (Å²) in [4.78, 5) is 22.5. The maximum atomic E-state index is 4.81. The molecule has 0 unspecified atom stereocenters. The van der Waals surface area contributed by atoms with E-state index in [-0.39, 0.29) is 0 Å². The van der Waals surface area contributed by atoms with E-state index in [1.54, 1.807) is 6.33 Å². The van der Waals surface area contributed by atoms with Crippen molar-refractivity contribution >= 4 is 28.0 Å². The maximum Gasteiger partial charge on any atom is 0.223 e. The van der Waals surface area contributed by atoms with Gasteiger partial charge in [-0.25, -0.2) is 24.9 Å². The third kappa shape index (κ3) is 2.53. The van der Waals surface area contributed by atoms with Crippen LogP contribution in [0.3, 0.4) is 0 Å². The second kappa shape index (κ2) is 5.70. The van der Waals surface area contributed by atoms with Gasteiger partial charge in [-0.05, 0) is 31.7 Å². The number of hydrogen-bond acceptors (Lipinski definition) is 6. The molecule has 0 amide bonds. The van der Waals surface area contributed by atoms with Crippen molar-refractivity contribution in [3.63, 3.8) is 0 Å². The van der Waals surface area contributed by atoms with Crippen LogP contribution in [0.25, 0.3) is 22.1 Å². The summed E-state index contributed by atoms with van der Waals surface area (Å²) in [5.41, 5.74) is 2.85. The average molecular weight is 357 g/mol. The van der Waals surface area contributed by atoms with Crippen LogP contribution in [0.2, 0.25) is 0 Å². The fraction of sp³-hybridized carbons (Fsp3) is 0.350. The lowest BCUT2D eigenvalue weighted by atomic mass is 9.86. The van der Waals surface area contributed by atoms with Gasteiger partial charge in [0.1, 0.15) is 17.7 Å². The molecule has 6 rings (SSSR count). The molecule has 2 fully saturated rings. The van der Waals surface area contributed by atoms with Gasteiger partial charge in [-0.3, -0.25) is 0 Å². The first kappa shape index (κ1) is 15.0. The number of imidazole rings is 1. The number of aromatic nitrogens is 6. The van der Waals surface area contributed by atoms with Gasteiger partial charge in [-0.2, -0.15) is 0 Å². The molecule has 0 atom stereocenters. The van der Waals surface area contributed by atoms with Gasteiger partial charge in [0.25, 0.3) is 0 Å². The van der Waals surface area contributed by atoms with Crippen LogP contribution in [0, 0.1) is 0 Å². The van der Waals surface area contributed by atoms with Crippen LogP contribution >= 0.6 is 0 Å². The van der Waals surface area contributed by atoms with E-state index in [9.17, 15) is 0 Å². The van der Waals surface area contributed by atoms with E-state index in [0.717, 1.165) is 34.9 Å². The number of fused-ring (bicyclic) bond motifs is 2. The highest BCUT2D eigenvalue weighted by atomic mass is 15.2. The minimum atomic E-state index is 0.377. The van der Waals surface area contributed by atoms with E-state index >= 15 is 0 Å². The Morgan fingerprint density at radius 2 is 1.85 bits per heavy atom. The molecule has 2 saturated carbocycles. The van der Waals surface area contributed by atoms with Crippen LogP contribution in [0.5, 0.6) is 0 Å². The van der Waals surface area contributed by atoms with Gasteiger partial charge in [0.15, 0.2) is 5.65 Å². The smallest absolute Gasteiger partial charge is 0.223 e. The summed E-state index contributed by atoms with van der Waals surface area (Å²) >= 11 is 0. The monoisotopic (exact) mass is 357 g/mol. The quantitative estimate of drug-likeness (QED) is 0.602. The molecule has 4 aromatic rings. The van der Waals surface area contributed by atoms with E-state index < -0.39 is 0 Å². The van der Waals surface area contributed by atoms with Crippen molar-refractivity contribution in [2.45, 2.75) is 43.7 Å². The van der Waals surface area contributed by atoms with Gasteiger partial charge in [0, 0.05) is 29.6 Å². The minimum absolute atomic E-state index is 0.377. The predicted molar refractivity (Wildman–Crippen MR) is 103 cm³/mol. The van der Waals surface area contributed by atoms with Gasteiger partial charge < -0.3 is 9.88 Å². The zero-order valence-electron chi connectivity index (χ0n) is 14.8. The van der Waals surface area contributed by atoms with Crippen molar-refractivity contribution in [2.24, 2.45) is 0 Å². The normalized spacial score (nSPS) is 22.1. The number of para-hydroxylation sites is 1. The zero-order valence-corrected chi connectivity index (χ0v) is 14.8. The highest BCUT2D eigenvalue weighted by Crippen LogP contribution is 2.45. The molecule has 0 saturated heterocycles. The van der Waals surface area contributed by atoms with Crippen molar-refractivity contribution < 1.29 is 0 Å². The van der Waals surface area contributed by atoms with Gasteiger partial charge in [0.2, 0.25) is 5.95 Å². The molecule has 3 aromatic heterocycles. The number of nitrogens with zero attached hydrogens (tertiary/aromatic N) is 6. The summed E-state index contributed by atoms with van der Waals surface area (Å²) in [6, 6.07) is 8.87. The lowest BCUT2D eigenvalue weighted by molar-refractivity contribution is 0.281. The molecular weight excluding hydrogens is 338 g/mol. The molecular formula is C20H19N7. The number of nitrogens with one attached hydrogen (secondary N) is 1. The molecule has 0 radical (unpaired) electrons. The molecule has 3 heterocycles. The lowest BCUT2D eigenvalue weighted by Crippen LogP contribution is -2.38. The lowest BCUT2D eigenvalue weighted by Gasteiger charge is -2.37. The Morgan fingerprint density at radius 1 is 0.963 bits per heavy atom. The zero-order chi connectivity index (χ0) is 17.8. The Bertz CT molecular complexity index is 1140. The molecule has 1 N–H and O–H groups in total. The van der Waals surface area contributed by atoms with Gasteiger partial charge in [-0.1, -0.05) is 18.2 Å². The molecule has 134 valence electrons. The first-order chi connectivity index (χ1) is 13.3. The van der Waals surface area contributed by atoms with E-state index in [4.69, 9.17) is 4.98 Å². The first-order valence-corrected chi connectivity index (χ1v) is 9.51. The molecule has 2 aliphatic rings. The van der Waals surface area contributed by atoms with Crippen LogP contribution in [-0.2, 0) is 0 Å². The highest BCUT2D eigenvalue weighted by Gasteiger charge is 2.37. The fourth-order valence-corrected chi connectivity index (χ4v) is 4.00. The number of rotatable bonds is 4. The van der Waals surface area contributed by atoms with Crippen LogP contribution in [0.15, 0.2) is 43.0 Å².